The Labute approximate surface area is 190 Å². The van der Waals surface area contributed by atoms with Crippen molar-refractivity contribution in [3.63, 3.8) is 0 Å². The van der Waals surface area contributed by atoms with Crippen molar-refractivity contribution in [2.24, 2.45) is 0 Å². The largest absolute Gasteiger partial charge is 0.481 e. The van der Waals surface area contributed by atoms with E-state index in [2.05, 4.69) is 9.71 Å². The molecule has 3 aromatic rings. The first-order chi connectivity index (χ1) is 14.7. The molecule has 0 amide bonds. The van der Waals surface area contributed by atoms with E-state index in [0.717, 1.165) is 37.5 Å². The van der Waals surface area contributed by atoms with Crippen LogP contribution in [0.15, 0.2) is 41.3 Å². The predicted molar refractivity (Wildman–Crippen MR) is 122 cm³/mol. The van der Waals surface area contributed by atoms with E-state index in [0.29, 0.717) is 27.4 Å². The molecule has 9 heteroatoms. The van der Waals surface area contributed by atoms with Gasteiger partial charge in [-0.2, -0.15) is 0 Å². The lowest BCUT2D eigenvalue weighted by Gasteiger charge is -2.23. The lowest BCUT2D eigenvalue weighted by atomic mass is 9.96. The van der Waals surface area contributed by atoms with Gasteiger partial charge in [-0.3, -0.25) is 4.79 Å². The van der Waals surface area contributed by atoms with Gasteiger partial charge in [-0.05, 0) is 48.2 Å². The van der Waals surface area contributed by atoms with Crippen molar-refractivity contribution in [2.45, 2.75) is 49.5 Å². The van der Waals surface area contributed by atoms with Gasteiger partial charge >= 0.3 is 5.97 Å². The van der Waals surface area contributed by atoms with Crippen LogP contribution < -0.4 is 4.72 Å². The van der Waals surface area contributed by atoms with Crippen LogP contribution in [0.5, 0.6) is 0 Å². The van der Waals surface area contributed by atoms with Crippen LogP contribution >= 0.6 is 23.2 Å². The number of carboxylic acid groups (broad SMARTS) is 1. The molecule has 0 radical (unpaired) electrons. The van der Waals surface area contributed by atoms with E-state index in [9.17, 15) is 18.3 Å². The first kappa shape index (κ1) is 22.1. The number of fused-ring (bicyclic) bond motifs is 1. The van der Waals surface area contributed by atoms with Crippen LogP contribution in [0.25, 0.3) is 22.2 Å². The first-order valence-electron chi connectivity index (χ1n) is 10.1. The number of H-pyrrole nitrogens is 1. The van der Waals surface area contributed by atoms with Crippen LogP contribution in [0.3, 0.4) is 0 Å². The monoisotopic (exact) mass is 480 g/mol. The zero-order valence-corrected chi connectivity index (χ0v) is 18.9. The standard InChI is InChI=1S/C22H22Cl2N2O4S/c23-14-7-8-16-17(12-21(27)28)22(25-19(16)11-14)13-6-9-18(24)20(10-13)31(29,30)26-15-4-2-1-3-5-15/h6-11,15,25-26H,1-5,12H2,(H,27,28). The molecule has 3 N–H and O–H groups in total. The van der Waals surface area contributed by atoms with Gasteiger partial charge in [0.1, 0.15) is 4.90 Å². The average Bonchev–Trinajstić information content (AvgIpc) is 3.05. The highest BCUT2D eigenvalue weighted by Crippen LogP contribution is 2.35. The Kier molecular flexibility index (Phi) is 6.30. The van der Waals surface area contributed by atoms with E-state index in [1.165, 1.54) is 12.1 Å². The fourth-order valence-electron chi connectivity index (χ4n) is 4.18. The Bertz CT molecular complexity index is 1250. The van der Waals surface area contributed by atoms with Gasteiger partial charge in [0.25, 0.3) is 0 Å². The minimum Gasteiger partial charge on any atom is -0.481 e. The first-order valence-corrected chi connectivity index (χ1v) is 12.3. The minimum absolute atomic E-state index is 0.0183. The molecule has 2 aromatic carbocycles. The molecule has 1 saturated carbocycles. The van der Waals surface area contributed by atoms with Gasteiger partial charge in [-0.25, -0.2) is 13.1 Å². The van der Waals surface area contributed by atoms with Crippen LogP contribution in [0.1, 0.15) is 37.7 Å². The summed E-state index contributed by atoms with van der Waals surface area (Å²) in [6, 6.07) is 9.76. The van der Waals surface area contributed by atoms with Crippen LogP contribution in [0, 0.1) is 0 Å². The number of halogens is 2. The molecule has 6 nitrogen and oxygen atoms in total. The molecule has 0 aliphatic heterocycles. The topological polar surface area (TPSA) is 99.3 Å². The highest BCUT2D eigenvalue weighted by atomic mass is 35.5. The number of carbonyl (C=O) groups is 1. The SMILES string of the molecule is O=C(O)Cc1c(-c2ccc(Cl)c(S(=O)(=O)NC3CCCCC3)c2)[nH]c2cc(Cl)ccc12. The Hall–Kier alpha value is -2.06. The van der Waals surface area contributed by atoms with Crippen molar-refractivity contribution in [1.82, 2.24) is 9.71 Å². The van der Waals surface area contributed by atoms with E-state index < -0.39 is 16.0 Å². The molecule has 1 heterocycles. The van der Waals surface area contributed by atoms with Crippen molar-refractivity contribution in [3.05, 3.63) is 52.0 Å². The number of carboxylic acids is 1. The van der Waals surface area contributed by atoms with Crippen molar-refractivity contribution >= 4 is 50.1 Å². The molecular weight excluding hydrogens is 459 g/mol. The molecule has 0 spiro atoms. The molecule has 1 aliphatic rings. The van der Waals surface area contributed by atoms with Crippen molar-refractivity contribution in [3.8, 4) is 11.3 Å². The van der Waals surface area contributed by atoms with Crippen molar-refractivity contribution in [1.29, 1.82) is 0 Å². The Balaban J connectivity index is 1.79. The number of rotatable bonds is 6. The van der Waals surface area contributed by atoms with E-state index in [1.807, 2.05) is 0 Å². The predicted octanol–water partition coefficient (Wildman–Crippen LogP) is 5.38. The normalized spacial score (nSPS) is 15.4. The van der Waals surface area contributed by atoms with E-state index in [-0.39, 0.29) is 22.4 Å². The van der Waals surface area contributed by atoms with Gasteiger partial charge in [0.2, 0.25) is 10.0 Å². The summed E-state index contributed by atoms with van der Waals surface area (Å²) in [5.74, 6) is -0.988. The van der Waals surface area contributed by atoms with E-state index in [1.54, 1.807) is 24.3 Å². The molecule has 31 heavy (non-hydrogen) atoms. The molecule has 4 rings (SSSR count). The van der Waals surface area contributed by atoms with Gasteiger partial charge in [-0.1, -0.05) is 54.6 Å². The number of sulfonamides is 1. The third-order valence-corrected chi connectivity index (χ3v) is 7.87. The summed E-state index contributed by atoms with van der Waals surface area (Å²) >= 11 is 12.4. The maximum absolute atomic E-state index is 13.1. The second-order valence-corrected chi connectivity index (χ2v) is 10.4. The van der Waals surface area contributed by atoms with Gasteiger partial charge in [-0.15, -0.1) is 0 Å². The third-order valence-electron chi connectivity index (χ3n) is 5.63. The van der Waals surface area contributed by atoms with Crippen LogP contribution in [-0.4, -0.2) is 30.5 Å². The van der Waals surface area contributed by atoms with E-state index >= 15 is 0 Å². The summed E-state index contributed by atoms with van der Waals surface area (Å²) in [5.41, 5.74) is 2.31. The summed E-state index contributed by atoms with van der Waals surface area (Å²) in [6.07, 6.45) is 4.51. The molecule has 164 valence electrons. The lowest BCUT2D eigenvalue weighted by molar-refractivity contribution is -0.136. The van der Waals surface area contributed by atoms with Gasteiger partial charge in [0.05, 0.1) is 17.1 Å². The van der Waals surface area contributed by atoms with Gasteiger partial charge < -0.3 is 10.1 Å². The van der Waals surface area contributed by atoms with Crippen LogP contribution in [0.2, 0.25) is 10.0 Å². The highest BCUT2D eigenvalue weighted by molar-refractivity contribution is 7.89. The second-order valence-electron chi connectivity index (χ2n) is 7.84. The summed E-state index contributed by atoms with van der Waals surface area (Å²) in [6.45, 7) is 0. The number of hydrogen-bond donors (Lipinski definition) is 3. The Morgan fingerprint density at radius 1 is 1.10 bits per heavy atom. The summed E-state index contributed by atoms with van der Waals surface area (Å²) in [7, 11) is -3.83. The van der Waals surface area contributed by atoms with Crippen molar-refractivity contribution in [2.75, 3.05) is 0 Å². The minimum atomic E-state index is -3.83. The fraction of sp³-hybridized carbons (Fsp3) is 0.318. The Morgan fingerprint density at radius 2 is 1.84 bits per heavy atom. The summed E-state index contributed by atoms with van der Waals surface area (Å²) in [4.78, 5) is 14.7. The fourth-order valence-corrected chi connectivity index (χ4v) is 6.18. The molecule has 0 atom stereocenters. The maximum Gasteiger partial charge on any atom is 0.307 e. The Morgan fingerprint density at radius 3 is 2.55 bits per heavy atom. The quantitative estimate of drug-likeness (QED) is 0.440. The number of aromatic amines is 1. The third kappa shape index (κ3) is 4.75. The maximum atomic E-state index is 13.1. The lowest BCUT2D eigenvalue weighted by Crippen LogP contribution is -2.36. The van der Waals surface area contributed by atoms with Crippen molar-refractivity contribution < 1.29 is 18.3 Å². The van der Waals surface area contributed by atoms with Gasteiger partial charge in [0, 0.05) is 22.0 Å². The molecule has 1 aliphatic carbocycles. The van der Waals surface area contributed by atoms with Gasteiger partial charge in [0.15, 0.2) is 0 Å². The molecule has 0 saturated heterocycles. The number of benzene rings is 2. The molecule has 1 aromatic heterocycles. The number of aromatic nitrogens is 1. The highest BCUT2D eigenvalue weighted by Gasteiger charge is 2.25. The number of aliphatic carboxylic acids is 1. The van der Waals surface area contributed by atoms with E-state index in [4.69, 9.17) is 23.2 Å². The number of nitrogens with one attached hydrogen (secondary N) is 2. The second kappa shape index (κ2) is 8.82. The average molecular weight is 481 g/mol. The number of hydrogen-bond acceptors (Lipinski definition) is 3. The molecule has 0 bridgehead atoms. The smallest absolute Gasteiger partial charge is 0.307 e. The molecule has 1 fully saturated rings. The summed E-state index contributed by atoms with van der Waals surface area (Å²) < 4.78 is 28.9. The molecule has 0 unspecified atom stereocenters. The zero-order valence-electron chi connectivity index (χ0n) is 16.6. The van der Waals surface area contributed by atoms with Crippen LogP contribution in [0.4, 0.5) is 0 Å². The zero-order chi connectivity index (χ0) is 22.2. The van der Waals surface area contributed by atoms with Crippen LogP contribution in [-0.2, 0) is 21.2 Å². The molecular formula is C22H22Cl2N2O4S. The summed E-state index contributed by atoms with van der Waals surface area (Å²) in [5, 5.41) is 10.8.